The fourth-order valence-corrected chi connectivity index (χ4v) is 2.62. The second-order valence-corrected chi connectivity index (χ2v) is 4.98. The summed E-state index contributed by atoms with van der Waals surface area (Å²) in [6.45, 7) is 2.66. The Kier molecular flexibility index (Phi) is 3.87. The van der Waals surface area contributed by atoms with Crippen LogP contribution in [0.25, 0.3) is 0 Å². The first kappa shape index (κ1) is 10.8. The maximum Gasteiger partial charge on any atom is 0.137 e. The summed E-state index contributed by atoms with van der Waals surface area (Å²) in [4.78, 5) is 5.22. The Morgan fingerprint density at radius 3 is 3.13 bits per heavy atom. The third-order valence-electron chi connectivity index (χ3n) is 1.91. The van der Waals surface area contributed by atoms with Gasteiger partial charge in [0.05, 0.1) is 6.54 Å². The van der Waals surface area contributed by atoms with E-state index in [1.54, 1.807) is 24.0 Å². The molecule has 0 unspecified atom stereocenters. The first-order chi connectivity index (χ1) is 7.34. The molecule has 1 N–H and O–H groups in total. The summed E-state index contributed by atoms with van der Waals surface area (Å²) in [5, 5.41) is 9.47. The lowest BCUT2D eigenvalue weighted by atomic mass is 10.4. The Morgan fingerprint density at radius 1 is 1.53 bits per heavy atom. The minimum atomic E-state index is 0.854. The van der Waals surface area contributed by atoms with Gasteiger partial charge in [0.2, 0.25) is 0 Å². The zero-order chi connectivity index (χ0) is 10.5. The molecule has 0 bridgehead atoms. The van der Waals surface area contributed by atoms with Gasteiger partial charge >= 0.3 is 0 Å². The first-order valence-electron chi connectivity index (χ1n) is 4.60. The molecule has 4 nitrogen and oxygen atoms in total. The SMILES string of the molecule is Brc1csc(CNCCn2cncn2)c1. The molecule has 0 atom stereocenters. The number of nitrogens with zero attached hydrogens (tertiary/aromatic N) is 3. The molecule has 0 saturated heterocycles. The number of hydrogen-bond acceptors (Lipinski definition) is 4. The van der Waals surface area contributed by atoms with Crippen molar-refractivity contribution in [3.63, 3.8) is 0 Å². The summed E-state index contributed by atoms with van der Waals surface area (Å²) in [5.74, 6) is 0. The van der Waals surface area contributed by atoms with Crippen molar-refractivity contribution in [2.24, 2.45) is 0 Å². The molecular weight excluding hydrogens is 276 g/mol. The van der Waals surface area contributed by atoms with Gasteiger partial charge in [-0.2, -0.15) is 5.10 Å². The van der Waals surface area contributed by atoms with Crippen molar-refractivity contribution >= 4 is 27.3 Å². The summed E-state index contributed by atoms with van der Waals surface area (Å²) in [5.41, 5.74) is 0. The number of rotatable bonds is 5. The van der Waals surface area contributed by atoms with Crippen LogP contribution in [0.5, 0.6) is 0 Å². The molecule has 0 fully saturated rings. The van der Waals surface area contributed by atoms with Crippen LogP contribution >= 0.6 is 27.3 Å². The predicted octanol–water partition coefficient (Wildman–Crippen LogP) is 1.89. The van der Waals surface area contributed by atoms with Crippen molar-refractivity contribution in [3.8, 4) is 0 Å². The molecule has 0 spiro atoms. The van der Waals surface area contributed by atoms with Crippen LogP contribution in [0.1, 0.15) is 4.88 Å². The van der Waals surface area contributed by atoms with E-state index in [4.69, 9.17) is 0 Å². The van der Waals surface area contributed by atoms with E-state index in [-0.39, 0.29) is 0 Å². The maximum atomic E-state index is 4.03. The molecule has 0 radical (unpaired) electrons. The van der Waals surface area contributed by atoms with E-state index in [0.717, 1.165) is 24.1 Å². The summed E-state index contributed by atoms with van der Waals surface area (Å²) >= 11 is 5.19. The van der Waals surface area contributed by atoms with Gasteiger partial charge in [-0.3, -0.25) is 4.68 Å². The van der Waals surface area contributed by atoms with Gasteiger partial charge in [-0.25, -0.2) is 4.98 Å². The minimum absolute atomic E-state index is 0.854. The molecule has 0 aliphatic carbocycles. The molecule has 2 rings (SSSR count). The third-order valence-corrected chi connectivity index (χ3v) is 3.60. The van der Waals surface area contributed by atoms with Crippen molar-refractivity contribution in [2.75, 3.05) is 6.54 Å². The van der Waals surface area contributed by atoms with Crippen LogP contribution in [0, 0.1) is 0 Å². The van der Waals surface area contributed by atoms with Gasteiger partial charge in [0.1, 0.15) is 12.7 Å². The lowest BCUT2D eigenvalue weighted by molar-refractivity contribution is 0.555. The second kappa shape index (κ2) is 5.39. The molecule has 0 amide bonds. The van der Waals surface area contributed by atoms with Gasteiger partial charge in [-0.1, -0.05) is 0 Å². The first-order valence-corrected chi connectivity index (χ1v) is 6.28. The van der Waals surface area contributed by atoms with Gasteiger partial charge in [0.25, 0.3) is 0 Å². The van der Waals surface area contributed by atoms with Crippen molar-refractivity contribution < 1.29 is 0 Å². The number of thiophene rings is 1. The molecule has 15 heavy (non-hydrogen) atoms. The van der Waals surface area contributed by atoms with Crippen LogP contribution in [-0.4, -0.2) is 21.3 Å². The van der Waals surface area contributed by atoms with Crippen LogP contribution in [0.4, 0.5) is 0 Å². The van der Waals surface area contributed by atoms with Gasteiger partial charge in [0, 0.05) is 27.8 Å². The van der Waals surface area contributed by atoms with E-state index in [1.165, 1.54) is 4.88 Å². The molecule has 80 valence electrons. The van der Waals surface area contributed by atoms with E-state index in [1.807, 2.05) is 4.68 Å². The topological polar surface area (TPSA) is 42.7 Å². The van der Waals surface area contributed by atoms with Crippen molar-refractivity contribution in [3.05, 3.63) is 33.5 Å². The van der Waals surface area contributed by atoms with Crippen LogP contribution in [0.15, 0.2) is 28.6 Å². The zero-order valence-corrected chi connectivity index (χ0v) is 10.5. The van der Waals surface area contributed by atoms with Crippen molar-refractivity contribution in [1.82, 2.24) is 20.1 Å². The highest BCUT2D eigenvalue weighted by Crippen LogP contribution is 2.19. The van der Waals surface area contributed by atoms with Crippen LogP contribution < -0.4 is 5.32 Å². The Bertz CT molecular complexity index is 398. The summed E-state index contributed by atoms with van der Waals surface area (Å²) in [6, 6.07) is 2.13. The predicted molar refractivity (Wildman–Crippen MR) is 63.7 cm³/mol. The average Bonchev–Trinajstić information content (AvgIpc) is 2.84. The number of aromatic nitrogens is 3. The van der Waals surface area contributed by atoms with Crippen molar-refractivity contribution in [2.45, 2.75) is 13.1 Å². The van der Waals surface area contributed by atoms with Crippen molar-refractivity contribution in [1.29, 1.82) is 0 Å². The second-order valence-electron chi connectivity index (χ2n) is 3.07. The zero-order valence-electron chi connectivity index (χ0n) is 8.06. The number of hydrogen-bond donors (Lipinski definition) is 1. The molecule has 6 heteroatoms. The van der Waals surface area contributed by atoms with E-state index in [9.17, 15) is 0 Å². The minimum Gasteiger partial charge on any atom is -0.310 e. The lowest BCUT2D eigenvalue weighted by Gasteiger charge is -2.02. The Labute approximate surface area is 100 Å². The smallest absolute Gasteiger partial charge is 0.137 e. The molecule has 0 aliphatic rings. The molecule has 0 aromatic carbocycles. The quantitative estimate of drug-likeness (QED) is 0.854. The number of nitrogens with one attached hydrogen (secondary N) is 1. The Morgan fingerprint density at radius 2 is 2.47 bits per heavy atom. The highest BCUT2D eigenvalue weighted by molar-refractivity contribution is 9.10. The molecular formula is C9H11BrN4S. The molecule has 2 heterocycles. The monoisotopic (exact) mass is 286 g/mol. The highest BCUT2D eigenvalue weighted by atomic mass is 79.9. The molecule has 2 aromatic heterocycles. The summed E-state index contributed by atoms with van der Waals surface area (Å²) in [6.07, 6.45) is 3.28. The molecule has 2 aromatic rings. The lowest BCUT2D eigenvalue weighted by Crippen LogP contribution is -2.19. The molecule has 0 saturated carbocycles. The summed E-state index contributed by atoms with van der Waals surface area (Å²) in [7, 11) is 0. The maximum absolute atomic E-state index is 4.03. The van der Waals surface area contributed by atoms with Gasteiger partial charge < -0.3 is 5.32 Å². The normalized spacial score (nSPS) is 10.7. The van der Waals surface area contributed by atoms with Gasteiger partial charge in [0.15, 0.2) is 0 Å². The Balaban J connectivity index is 1.67. The number of halogens is 1. The standard InChI is InChI=1S/C9H11BrN4S/c10-8-3-9(15-5-8)4-11-1-2-14-7-12-6-13-14/h3,5-7,11H,1-2,4H2. The largest absolute Gasteiger partial charge is 0.310 e. The Hall–Kier alpha value is -0.720. The summed E-state index contributed by atoms with van der Waals surface area (Å²) < 4.78 is 2.97. The van der Waals surface area contributed by atoms with Crippen LogP contribution in [0.2, 0.25) is 0 Å². The molecule has 0 aliphatic heterocycles. The van der Waals surface area contributed by atoms with Gasteiger partial charge in [-0.05, 0) is 22.0 Å². The van der Waals surface area contributed by atoms with E-state index >= 15 is 0 Å². The fourth-order valence-electron chi connectivity index (χ4n) is 1.20. The fraction of sp³-hybridized carbons (Fsp3) is 0.333. The van der Waals surface area contributed by atoms with Crippen LogP contribution in [0.3, 0.4) is 0 Å². The highest BCUT2D eigenvalue weighted by Gasteiger charge is 1.96. The third kappa shape index (κ3) is 3.40. The van der Waals surface area contributed by atoms with E-state index in [2.05, 4.69) is 42.8 Å². The van der Waals surface area contributed by atoms with E-state index < -0.39 is 0 Å². The van der Waals surface area contributed by atoms with E-state index in [0.29, 0.717) is 0 Å². The van der Waals surface area contributed by atoms with Crippen LogP contribution in [-0.2, 0) is 13.1 Å². The van der Waals surface area contributed by atoms with Gasteiger partial charge in [-0.15, -0.1) is 11.3 Å². The average molecular weight is 287 g/mol.